The largest absolute Gasteiger partial charge is 0.573 e. The topological polar surface area (TPSA) is 70.7 Å². The summed E-state index contributed by atoms with van der Waals surface area (Å²) in [5.41, 5.74) is -0.155. The predicted molar refractivity (Wildman–Crippen MR) is 81.9 cm³/mol. The molecule has 1 aromatic rings. The number of halogens is 3. The normalized spacial score (nSPS) is 23.9. The first-order valence-electron chi connectivity index (χ1n) is 7.99. The summed E-state index contributed by atoms with van der Waals surface area (Å²) in [5.74, 6) is -0.555. The van der Waals surface area contributed by atoms with Crippen LogP contribution in [0.5, 0.6) is 5.75 Å². The molecule has 2 heterocycles. The van der Waals surface area contributed by atoms with E-state index in [4.69, 9.17) is 0 Å². The van der Waals surface area contributed by atoms with E-state index in [1.54, 1.807) is 0 Å². The van der Waals surface area contributed by atoms with Gasteiger partial charge in [0.1, 0.15) is 11.3 Å². The molecule has 1 spiro atoms. The Balaban J connectivity index is 1.60. The van der Waals surface area contributed by atoms with Crippen molar-refractivity contribution in [2.75, 3.05) is 19.6 Å². The van der Waals surface area contributed by atoms with Crippen LogP contribution in [0.25, 0.3) is 0 Å². The van der Waals surface area contributed by atoms with Crippen LogP contribution in [0.4, 0.5) is 18.0 Å². The molecule has 25 heavy (non-hydrogen) atoms. The highest BCUT2D eigenvalue weighted by atomic mass is 19.4. The monoisotopic (exact) mass is 357 g/mol. The molecular formula is C16H18F3N3O3. The summed E-state index contributed by atoms with van der Waals surface area (Å²) in [7, 11) is 0. The molecule has 0 aliphatic carbocycles. The van der Waals surface area contributed by atoms with Gasteiger partial charge in [0.15, 0.2) is 0 Å². The highest BCUT2D eigenvalue weighted by molar-refractivity contribution is 6.07. The number of nitrogens with one attached hydrogen (secondary N) is 2. The average molecular weight is 357 g/mol. The Kier molecular flexibility index (Phi) is 4.59. The van der Waals surface area contributed by atoms with Gasteiger partial charge in [0.2, 0.25) is 0 Å². The van der Waals surface area contributed by atoms with Gasteiger partial charge in [-0.2, -0.15) is 0 Å². The molecule has 3 rings (SSSR count). The summed E-state index contributed by atoms with van der Waals surface area (Å²) in [5, 5.41) is 5.89. The van der Waals surface area contributed by atoms with Crippen molar-refractivity contribution in [3.8, 4) is 5.75 Å². The third-order valence-electron chi connectivity index (χ3n) is 4.41. The fourth-order valence-electron chi connectivity index (χ4n) is 3.17. The van der Waals surface area contributed by atoms with E-state index in [9.17, 15) is 22.8 Å². The van der Waals surface area contributed by atoms with Crippen LogP contribution < -0.4 is 15.4 Å². The quantitative estimate of drug-likeness (QED) is 0.807. The molecule has 2 aliphatic heterocycles. The lowest BCUT2D eigenvalue weighted by Crippen LogP contribution is -2.57. The Morgan fingerprint density at radius 1 is 1.20 bits per heavy atom. The van der Waals surface area contributed by atoms with E-state index in [0.29, 0.717) is 24.9 Å². The van der Waals surface area contributed by atoms with Gasteiger partial charge in [-0.25, -0.2) is 4.79 Å². The second kappa shape index (κ2) is 6.55. The summed E-state index contributed by atoms with van der Waals surface area (Å²) < 4.78 is 40.2. The molecule has 1 aromatic carbocycles. The van der Waals surface area contributed by atoms with Gasteiger partial charge in [0, 0.05) is 13.1 Å². The molecule has 2 saturated heterocycles. The number of hydrogen-bond acceptors (Lipinski definition) is 4. The van der Waals surface area contributed by atoms with Crippen molar-refractivity contribution in [1.29, 1.82) is 0 Å². The zero-order chi connectivity index (χ0) is 18.1. The van der Waals surface area contributed by atoms with Crippen LogP contribution in [0.15, 0.2) is 24.3 Å². The lowest BCUT2D eigenvalue weighted by Gasteiger charge is -2.31. The Labute approximate surface area is 142 Å². The fourth-order valence-corrected chi connectivity index (χ4v) is 3.17. The van der Waals surface area contributed by atoms with Crippen molar-refractivity contribution >= 4 is 11.9 Å². The molecule has 0 aromatic heterocycles. The molecule has 2 N–H and O–H groups in total. The van der Waals surface area contributed by atoms with Crippen molar-refractivity contribution in [2.24, 2.45) is 0 Å². The zero-order valence-electron chi connectivity index (χ0n) is 13.4. The van der Waals surface area contributed by atoms with Crippen molar-refractivity contribution in [3.63, 3.8) is 0 Å². The highest BCUT2D eigenvalue weighted by Gasteiger charge is 2.51. The van der Waals surface area contributed by atoms with Crippen molar-refractivity contribution in [2.45, 2.75) is 31.2 Å². The standard InChI is InChI=1S/C16H18F3N3O3/c17-16(18,19)25-12-4-2-11(3-5-12)6-9-22-13(23)15(21-14(22)24)7-1-8-20-10-15/h2-5,20H,1,6-10H2,(H,21,24). The van der Waals surface area contributed by atoms with E-state index in [0.717, 1.165) is 13.0 Å². The van der Waals surface area contributed by atoms with Crippen LogP contribution in [0.1, 0.15) is 18.4 Å². The van der Waals surface area contributed by atoms with Crippen LogP contribution in [-0.2, 0) is 11.2 Å². The minimum atomic E-state index is -4.73. The number of imide groups is 1. The molecule has 6 nitrogen and oxygen atoms in total. The molecule has 136 valence electrons. The van der Waals surface area contributed by atoms with Gasteiger partial charge in [-0.3, -0.25) is 9.69 Å². The number of nitrogens with zero attached hydrogens (tertiary/aromatic N) is 1. The minimum Gasteiger partial charge on any atom is -0.406 e. The lowest BCUT2D eigenvalue weighted by molar-refractivity contribution is -0.274. The van der Waals surface area contributed by atoms with Gasteiger partial charge < -0.3 is 15.4 Å². The van der Waals surface area contributed by atoms with Crippen LogP contribution in [0.3, 0.4) is 0 Å². The van der Waals surface area contributed by atoms with Crippen LogP contribution in [0, 0.1) is 0 Å². The lowest BCUT2D eigenvalue weighted by atomic mass is 9.90. The number of benzene rings is 1. The molecule has 3 amide bonds. The Morgan fingerprint density at radius 2 is 1.92 bits per heavy atom. The number of carbonyl (C=O) groups excluding carboxylic acids is 2. The minimum absolute atomic E-state index is 0.173. The number of hydrogen-bond donors (Lipinski definition) is 2. The molecule has 1 unspecified atom stereocenters. The fraction of sp³-hybridized carbons (Fsp3) is 0.500. The van der Waals surface area contributed by atoms with E-state index in [1.807, 2.05) is 0 Å². The summed E-state index contributed by atoms with van der Waals surface area (Å²) in [4.78, 5) is 25.9. The smallest absolute Gasteiger partial charge is 0.406 e. The first-order chi connectivity index (χ1) is 11.8. The summed E-state index contributed by atoms with van der Waals surface area (Å²) >= 11 is 0. The molecule has 2 aliphatic rings. The van der Waals surface area contributed by atoms with Gasteiger partial charge in [0.05, 0.1) is 0 Å². The SMILES string of the molecule is O=C1NC2(CCCNC2)C(=O)N1CCc1ccc(OC(F)(F)F)cc1. The van der Waals surface area contributed by atoms with E-state index in [1.165, 1.54) is 29.2 Å². The van der Waals surface area contributed by atoms with Crippen LogP contribution >= 0.6 is 0 Å². The maximum absolute atomic E-state index is 12.6. The van der Waals surface area contributed by atoms with E-state index in [-0.39, 0.29) is 18.2 Å². The number of rotatable bonds is 4. The van der Waals surface area contributed by atoms with Crippen LogP contribution in [0.2, 0.25) is 0 Å². The van der Waals surface area contributed by atoms with Crippen molar-refractivity contribution in [3.05, 3.63) is 29.8 Å². The first-order valence-corrected chi connectivity index (χ1v) is 7.99. The summed E-state index contributed by atoms with van der Waals surface area (Å²) in [6, 6.07) is 4.96. The van der Waals surface area contributed by atoms with Crippen LogP contribution in [-0.4, -0.2) is 48.4 Å². The van der Waals surface area contributed by atoms with Crippen molar-refractivity contribution in [1.82, 2.24) is 15.5 Å². The molecule has 1 atom stereocenters. The van der Waals surface area contributed by atoms with Gasteiger partial charge in [-0.05, 0) is 43.5 Å². The van der Waals surface area contributed by atoms with Crippen molar-refractivity contribution < 1.29 is 27.5 Å². The second-order valence-corrected chi connectivity index (χ2v) is 6.19. The number of urea groups is 1. The third-order valence-corrected chi connectivity index (χ3v) is 4.41. The molecule has 0 saturated carbocycles. The average Bonchev–Trinajstić information content (AvgIpc) is 2.77. The number of alkyl halides is 3. The number of amides is 3. The Hall–Kier alpha value is -2.29. The second-order valence-electron chi connectivity index (χ2n) is 6.19. The van der Waals surface area contributed by atoms with E-state index >= 15 is 0 Å². The number of ether oxygens (including phenoxy) is 1. The third kappa shape index (κ3) is 3.87. The Morgan fingerprint density at radius 3 is 2.52 bits per heavy atom. The van der Waals surface area contributed by atoms with Gasteiger partial charge in [0.25, 0.3) is 5.91 Å². The maximum Gasteiger partial charge on any atom is 0.573 e. The molecule has 2 fully saturated rings. The predicted octanol–water partition coefficient (Wildman–Crippen LogP) is 1.80. The molecule has 0 radical (unpaired) electrons. The number of piperidine rings is 1. The first kappa shape index (κ1) is 17.5. The van der Waals surface area contributed by atoms with Gasteiger partial charge in [-0.1, -0.05) is 12.1 Å². The molecule has 0 bridgehead atoms. The zero-order valence-corrected chi connectivity index (χ0v) is 13.4. The molecular weight excluding hydrogens is 339 g/mol. The summed E-state index contributed by atoms with van der Waals surface area (Å²) in [6.45, 7) is 1.40. The van der Waals surface area contributed by atoms with E-state index < -0.39 is 17.9 Å². The van der Waals surface area contributed by atoms with Gasteiger partial charge in [-0.15, -0.1) is 13.2 Å². The van der Waals surface area contributed by atoms with Gasteiger partial charge >= 0.3 is 12.4 Å². The molecule has 9 heteroatoms. The number of carbonyl (C=O) groups is 2. The maximum atomic E-state index is 12.6. The Bertz CT molecular complexity index is 655. The highest BCUT2D eigenvalue weighted by Crippen LogP contribution is 2.26. The summed E-state index contributed by atoms with van der Waals surface area (Å²) in [6.07, 6.45) is -2.97. The van der Waals surface area contributed by atoms with E-state index in [2.05, 4.69) is 15.4 Å².